The third-order valence-electron chi connectivity index (χ3n) is 3.94. The van der Waals surface area contributed by atoms with Gasteiger partial charge in [0.25, 0.3) is 0 Å². The first-order chi connectivity index (χ1) is 12.7. The highest BCUT2D eigenvalue weighted by molar-refractivity contribution is 6.37. The molecule has 1 aromatic carbocycles. The van der Waals surface area contributed by atoms with Gasteiger partial charge in [0, 0.05) is 6.92 Å². The number of nitrogens with one attached hydrogen (secondary N) is 1. The summed E-state index contributed by atoms with van der Waals surface area (Å²) in [6.45, 7) is 0.675. The molecule has 150 valence electrons. The van der Waals surface area contributed by atoms with E-state index in [9.17, 15) is 24.9 Å². The van der Waals surface area contributed by atoms with Crippen molar-refractivity contribution < 1.29 is 39.1 Å². The molecule has 1 aliphatic heterocycles. The van der Waals surface area contributed by atoms with Gasteiger partial charge in [0.1, 0.15) is 36.5 Å². The van der Waals surface area contributed by atoms with Crippen LogP contribution >= 0.6 is 23.2 Å². The summed E-state index contributed by atoms with van der Waals surface area (Å²) < 4.78 is 15.3. The molecular weight excluding hydrogens is 405 g/mol. The molecule has 1 saturated heterocycles. The third kappa shape index (κ3) is 4.81. The maximum absolute atomic E-state index is 12.4. The Morgan fingerprint density at radius 3 is 2.41 bits per heavy atom. The van der Waals surface area contributed by atoms with Crippen LogP contribution < -0.4 is 10.1 Å². The molecule has 1 aliphatic rings. The number of halogens is 2. The lowest BCUT2D eigenvalue weighted by atomic mass is 9.97. The van der Waals surface area contributed by atoms with Gasteiger partial charge >= 0.3 is 5.97 Å². The van der Waals surface area contributed by atoms with Gasteiger partial charge in [-0.05, 0) is 12.1 Å². The number of carbonyl (C=O) groups is 2. The van der Waals surface area contributed by atoms with Gasteiger partial charge < -0.3 is 34.8 Å². The van der Waals surface area contributed by atoms with Gasteiger partial charge in [-0.2, -0.15) is 0 Å². The third-order valence-corrected chi connectivity index (χ3v) is 4.55. The van der Waals surface area contributed by atoms with Crippen molar-refractivity contribution in [3.8, 4) is 5.75 Å². The Hall–Kier alpha value is -1.62. The van der Waals surface area contributed by atoms with Gasteiger partial charge in [-0.25, -0.2) is 4.79 Å². The summed E-state index contributed by atoms with van der Waals surface area (Å²) in [6, 6.07) is 1.61. The van der Waals surface area contributed by atoms with Crippen LogP contribution in [-0.2, 0) is 14.3 Å². The van der Waals surface area contributed by atoms with Gasteiger partial charge in [-0.3, -0.25) is 4.79 Å². The number of ether oxygens (including phenoxy) is 3. The van der Waals surface area contributed by atoms with Crippen molar-refractivity contribution in [1.29, 1.82) is 0 Å². The number of methoxy groups -OCH3 is 1. The molecule has 1 fully saturated rings. The summed E-state index contributed by atoms with van der Waals surface area (Å²) in [6.07, 6.45) is -5.92. The van der Waals surface area contributed by atoms with Crippen LogP contribution in [0, 0.1) is 0 Å². The van der Waals surface area contributed by atoms with Crippen LogP contribution in [0.4, 0.5) is 0 Å². The van der Waals surface area contributed by atoms with E-state index >= 15 is 0 Å². The summed E-state index contributed by atoms with van der Waals surface area (Å²) in [4.78, 5) is 23.5. The van der Waals surface area contributed by atoms with Crippen LogP contribution in [0.2, 0.25) is 10.0 Å². The van der Waals surface area contributed by atoms with E-state index in [1.165, 1.54) is 26.2 Å². The van der Waals surface area contributed by atoms with E-state index in [0.717, 1.165) is 0 Å². The molecule has 1 heterocycles. The largest absolute Gasteiger partial charge is 0.494 e. The van der Waals surface area contributed by atoms with Crippen LogP contribution in [0.5, 0.6) is 5.75 Å². The molecule has 1 aromatic rings. The quantitative estimate of drug-likeness (QED) is 0.489. The number of aliphatic hydroxyl groups is 3. The van der Waals surface area contributed by atoms with E-state index in [2.05, 4.69) is 5.32 Å². The number of benzene rings is 1. The number of amides is 1. The number of aliphatic hydroxyl groups excluding tert-OH is 3. The van der Waals surface area contributed by atoms with E-state index < -0.39 is 49.1 Å². The normalized spacial score (nSPS) is 27.7. The van der Waals surface area contributed by atoms with Crippen molar-refractivity contribution in [3.63, 3.8) is 0 Å². The van der Waals surface area contributed by atoms with Crippen LogP contribution in [0.15, 0.2) is 12.1 Å². The minimum absolute atomic E-state index is 0.0186. The van der Waals surface area contributed by atoms with Gasteiger partial charge in [0.15, 0.2) is 12.0 Å². The fraction of sp³-hybridized carbons (Fsp3) is 0.500. The number of carbonyl (C=O) groups excluding carboxylic acids is 2. The highest BCUT2D eigenvalue weighted by atomic mass is 35.5. The number of hydrogen-bond donors (Lipinski definition) is 4. The average molecular weight is 424 g/mol. The number of hydrogen-bond acceptors (Lipinski definition) is 8. The predicted molar refractivity (Wildman–Crippen MR) is 93.8 cm³/mol. The van der Waals surface area contributed by atoms with E-state index in [0.29, 0.717) is 0 Å². The maximum Gasteiger partial charge on any atom is 0.343 e. The molecule has 0 spiro atoms. The standard InChI is InChI=1S/C16H19Cl2NO8/c1-6(20)19-11-13(22)12(21)9(27-16(11)24)5-26-15(23)10-7(17)3-4-8(18)14(10)25-2/h3-4,9,11-13,16,21-22,24H,5H2,1-2H3,(H,19,20)/t9-,11-,12-,13-,16?/m1/s1. The Morgan fingerprint density at radius 2 is 1.81 bits per heavy atom. The Morgan fingerprint density at radius 1 is 1.19 bits per heavy atom. The molecule has 0 aliphatic carbocycles. The molecule has 0 saturated carbocycles. The highest BCUT2D eigenvalue weighted by Crippen LogP contribution is 2.34. The molecule has 11 heteroatoms. The van der Waals surface area contributed by atoms with E-state index in [1.54, 1.807) is 0 Å². The first-order valence-electron chi connectivity index (χ1n) is 7.83. The van der Waals surface area contributed by atoms with Crippen molar-refractivity contribution >= 4 is 35.1 Å². The van der Waals surface area contributed by atoms with E-state index in [4.69, 9.17) is 37.4 Å². The smallest absolute Gasteiger partial charge is 0.343 e. The Kier molecular flexibility index (Phi) is 7.26. The van der Waals surface area contributed by atoms with Gasteiger partial charge in [-0.15, -0.1) is 0 Å². The molecule has 4 N–H and O–H groups in total. The Labute approximate surface area is 164 Å². The molecule has 27 heavy (non-hydrogen) atoms. The maximum atomic E-state index is 12.4. The second kappa shape index (κ2) is 9.05. The summed E-state index contributed by atoms with van der Waals surface area (Å²) in [5.41, 5.74) is -0.116. The zero-order valence-corrected chi connectivity index (χ0v) is 15.9. The monoisotopic (exact) mass is 423 g/mol. The lowest BCUT2D eigenvalue weighted by Gasteiger charge is -2.40. The second-order valence-electron chi connectivity index (χ2n) is 5.81. The molecular formula is C16H19Cl2NO8. The van der Waals surface area contributed by atoms with Crippen molar-refractivity contribution in [2.75, 3.05) is 13.7 Å². The predicted octanol–water partition coefficient (Wildman–Crippen LogP) is 0.103. The summed E-state index contributed by atoms with van der Waals surface area (Å²) in [7, 11) is 1.30. The van der Waals surface area contributed by atoms with Crippen LogP contribution in [0.3, 0.4) is 0 Å². The van der Waals surface area contributed by atoms with Crippen molar-refractivity contribution in [3.05, 3.63) is 27.7 Å². The summed E-state index contributed by atoms with van der Waals surface area (Å²) >= 11 is 12.0. The molecule has 1 amide bonds. The van der Waals surface area contributed by atoms with Crippen LogP contribution in [0.1, 0.15) is 17.3 Å². The van der Waals surface area contributed by atoms with Gasteiger partial charge in [-0.1, -0.05) is 23.2 Å². The molecule has 9 nitrogen and oxygen atoms in total. The summed E-state index contributed by atoms with van der Waals surface area (Å²) in [5.74, 6) is -1.41. The minimum Gasteiger partial charge on any atom is -0.494 e. The molecule has 2 rings (SSSR count). The van der Waals surface area contributed by atoms with Gasteiger partial charge in [0.2, 0.25) is 5.91 Å². The molecule has 0 aromatic heterocycles. The first kappa shape index (κ1) is 21.7. The second-order valence-corrected chi connectivity index (χ2v) is 6.62. The Balaban J connectivity index is 2.08. The fourth-order valence-electron chi connectivity index (χ4n) is 2.63. The van der Waals surface area contributed by atoms with E-state index in [1.807, 2.05) is 0 Å². The van der Waals surface area contributed by atoms with Gasteiger partial charge in [0.05, 0.1) is 17.2 Å². The first-order valence-corrected chi connectivity index (χ1v) is 8.58. The highest BCUT2D eigenvalue weighted by Gasteiger charge is 2.44. The number of esters is 1. The SMILES string of the molecule is COc1c(Cl)ccc(Cl)c1C(=O)OC[C@H]1OC(O)[C@H](NC(C)=O)[C@@H](O)[C@@H]1O. The zero-order chi connectivity index (χ0) is 20.3. The van der Waals surface area contributed by atoms with Crippen molar-refractivity contribution in [1.82, 2.24) is 5.32 Å². The zero-order valence-electron chi connectivity index (χ0n) is 14.4. The van der Waals surface area contributed by atoms with Crippen LogP contribution in [-0.4, -0.2) is 71.6 Å². The fourth-order valence-corrected chi connectivity index (χ4v) is 3.09. The molecule has 5 atom stereocenters. The minimum atomic E-state index is -1.61. The number of rotatable bonds is 5. The average Bonchev–Trinajstić information content (AvgIpc) is 2.61. The van der Waals surface area contributed by atoms with Crippen LogP contribution in [0.25, 0.3) is 0 Å². The molecule has 0 bridgehead atoms. The lowest BCUT2D eigenvalue weighted by molar-refractivity contribution is -0.253. The van der Waals surface area contributed by atoms with E-state index in [-0.39, 0.29) is 21.4 Å². The Bertz CT molecular complexity index is 716. The van der Waals surface area contributed by atoms with Crippen molar-refractivity contribution in [2.45, 2.75) is 37.6 Å². The molecule has 0 radical (unpaired) electrons. The molecule has 1 unspecified atom stereocenters. The topological polar surface area (TPSA) is 135 Å². The van der Waals surface area contributed by atoms with Crippen molar-refractivity contribution in [2.24, 2.45) is 0 Å². The summed E-state index contributed by atoms with van der Waals surface area (Å²) in [5, 5.41) is 32.6. The lowest BCUT2D eigenvalue weighted by Crippen LogP contribution is -2.64.